The number of fused-ring (bicyclic) bond motifs is 1. The van der Waals surface area contributed by atoms with Crippen LogP contribution in [0.2, 0.25) is 0 Å². The normalized spacial score (nSPS) is 15.1. The first kappa shape index (κ1) is 25.5. The molecular weight excluding hydrogens is 450 g/mol. The third-order valence-corrected chi connectivity index (χ3v) is 6.23. The maximum atomic E-state index is 13.0. The van der Waals surface area contributed by atoms with Crippen molar-refractivity contribution in [2.24, 2.45) is 0 Å². The van der Waals surface area contributed by atoms with E-state index in [9.17, 15) is 4.79 Å². The van der Waals surface area contributed by atoms with Crippen molar-refractivity contribution >= 4 is 22.6 Å². The largest absolute Gasteiger partial charge is 0.456 e. The molecule has 190 valence electrons. The highest BCUT2D eigenvalue weighted by atomic mass is 16.3. The summed E-state index contributed by atoms with van der Waals surface area (Å²) >= 11 is 0. The number of nitrogens with zero attached hydrogens (tertiary/aromatic N) is 3. The molecule has 7 nitrogen and oxygen atoms in total. The Labute approximate surface area is 213 Å². The second-order valence-electron chi connectivity index (χ2n) is 9.46. The summed E-state index contributed by atoms with van der Waals surface area (Å²) in [6, 6.07) is 9.57. The fourth-order valence-electron chi connectivity index (χ4n) is 4.36. The van der Waals surface area contributed by atoms with Crippen LogP contribution >= 0.6 is 0 Å². The Morgan fingerprint density at radius 1 is 1.19 bits per heavy atom. The zero-order valence-corrected chi connectivity index (χ0v) is 21.8. The number of hydrogen-bond donors (Lipinski definition) is 2. The van der Waals surface area contributed by atoms with E-state index in [1.54, 1.807) is 0 Å². The van der Waals surface area contributed by atoms with E-state index < -0.39 is 0 Å². The van der Waals surface area contributed by atoms with Gasteiger partial charge in [-0.2, -0.15) is 0 Å². The van der Waals surface area contributed by atoms with Crippen LogP contribution in [0.4, 0.5) is 5.69 Å². The average molecular weight is 488 g/mol. The van der Waals surface area contributed by atoms with Crippen LogP contribution in [-0.2, 0) is 11.3 Å². The highest BCUT2D eigenvalue weighted by Gasteiger charge is 2.14. The molecule has 7 heteroatoms. The summed E-state index contributed by atoms with van der Waals surface area (Å²) in [5.74, 6) is 2.11. The van der Waals surface area contributed by atoms with Crippen LogP contribution < -0.4 is 5.32 Å². The van der Waals surface area contributed by atoms with E-state index in [2.05, 4.69) is 44.2 Å². The van der Waals surface area contributed by atoms with Crippen molar-refractivity contribution in [2.75, 3.05) is 32.5 Å². The lowest BCUT2D eigenvalue weighted by molar-refractivity contribution is -0.112. The van der Waals surface area contributed by atoms with E-state index in [0.717, 1.165) is 49.3 Å². The zero-order valence-electron chi connectivity index (χ0n) is 21.8. The number of furan rings is 1. The number of nitrogens with one attached hydrogen (secondary N) is 2. The van der Waals surface area contributed by atoms with E-state index in [1.807, 2.05) is 63.5 Å². The summed E-state index contributed by atoms with van der Waals surface area (Å²) in [6.07, 6.45) is 12.7. The van der Waals surface area contributed by atoms with Gasteiger partial charge < -0.3 is 24.5 Å². The second-order valence-corrected chi connectivity index (χ2v) is 9.46. The maximum absolute atomic E-state index is 13.0. The van der Waals surface area contributed by atoms with Gasteiger partial charge in [-0.3, -0.25) is 4.79 Å². The number of carbonyl (C=O) groups excluding carboxylic acids is 1. The number of H-pyrrole nitrogens is 1. The molecule has 0 unspecified atom stereocenters. The third-order valence-electron chi connectivity index (χ3n) is 6.23. The molecule has 1 fully saturated rings. The van der Waals surface area contributed by atoms with Crippen LogP contribution in [0, 0.1) is 0 Å². The number of rotatable bonds is 10. The van der Waals surface area contributed by atoms with Crippen molar-refractivity contribution in [1.82, 2.24) is 19.8 Å². The fourth-order valence-corrected chi connectivity index (χ4v) is 4.36. The Bertz CT molecular complexity index is 1270. The van der Waals surface area contributed by atoms with Gasteiger partial charge in [-0.05, 0) is 82.8 Å². The average Bonchev–Trinajstić information content (AvgIpc) is 3.61. The molecule has 0 bridgehead atoms. The molecule has 2 N–H and O–H groups in total. The topological polar surface area (TPSA) is 77.4 Å². The Morgan fingerprint density at radius 3 is 2.72 bits per heavy atom. The van der Waals surface area contributed by atoms with E-state index in [-0.39, 0.29) is 5.91 Å². The summed E-state index contributed by atoms with van der Waals surface area (Å²) in [4.78, 5) is 25.5. The Balaban J connectivity index is 1.46. The molecule has 3 aromatic rings. The van der Waals surface area contributed by atoms with Crippen LogP contribution in [0.3, 0.4) is 0 Å². The summed E-state index contributed by atoms with van der Waals surface area (Å²) in [5.41, 5.74) is 4.20. The number of benzene rings is 1. The molecule has 36 heavy (non-hydrogen) atoms. The minimum Gasteiger partial charge on any atom is -0.456 e. The maximum Gasteiger partial charge on any atom is 0.255 e. The summed E-state index contributed by atoms with van der Waals surface area (Å²) in [7, 11) is 4.01. The molecule has 1 amide bonds. The van der Waals surface area contributed by atoms with E-state index in [1.165, 1.54) is 18.5 Å². The van der Waals surface area contributed by atoms with Crippen LogP contribution in [0.5, 0.6) is 0 Å². The number of unbranched alkanes of at least 4 members (excludes halogenated alkanes) is 1. The van der Waals surface area contributed by atoms with Crippen LogP contribution in [0.1, 0.15) is 45.3 Å². The van der Waals surface area contributed by atoms with Gasteiger partial charge in [-0.1, -0.05) is 25.5 Å². The molecule has 1 aliphatic rings. The molecule has 0 atom stereocenters. The highest BCUT2D eigenvalue weighted by molar-refractivity contribution is 6.06. The fraction of sp³-hybridized carbons (Fsp3) is 0.379. The molecule has 0 spiro atoms. The minimum absolute atomic E-state index is 0.136. The number of likely N-dealkylation sites (tertiary alicyclic amines) is 1. The molecule has 0 saturated carbocycles. The van der Waals surface area contributed by atoms with Gasteiger partial charge in [-0.25, -0.2) is 4.98 Å². The van der Waals surface area contributed by atoms with Crippen LogP contribution in [-0.4, -0.2) is 52.9 Å². The van der Waals surface area contributed by atoms with E-state index in [0.29, 0.717) is 22.8 Å². The Hall–Kier alpha value is -3.58. The van der Waals surface area contributed by atoms with Crippen molar-refractivity contribution in [3.63, 3.8) is 0 Å². The summed E-state index contributed by atoms with van der Waals surface area (Å²) < 4.78 is 5.93. The van der Waals surface area contributed by atoms with Gasteiger partial charge >= 0.3 is 0 Å². The predicted octanol–water partition coefficient (Wildman–Crippen LogP) is 6.11. The van der Waals surface area contributed by atoms with Crippen molar-refractivity contribution in [1.29, 1.82) is 0 Å². The number of allylic oxidation sites excluding steroid dienone is 3. The first-order chi connectivity index (χ1) is 17.5. The van der Waals surface area contributed by atoms with E-state index in [4.69, 9.17) is 4.42 Å². The van der Waals surface area contributed by atoms with Crippen molar-refractivity contribution in [3.8, 4) is 11.6 Å². The lowest BCUT2D eigenvalue weighted by atomic mass is 10.1. The predicted molar refractivity (Wildman–Crippen MR) is 147 cm³/mol. The molecule has 1 aromatic carbocycles. The van der Waals surface area contributed by atoms with Crippen molar-refractivity contribution < 1.29 is 9.21 Å². The van der Waals surface area contributed by atoms with Gasteiger partial charge in [-0.15, -0.1) is 0 Å². The van der Waals surface area contributed by atoms with Gasteiger partial charge in [0.15, 0.2) is 11.6 Å². The van der Waals surface area contributed by atoms with Gasteiger partial charge in [0.1, 0.15) is 5.76 Å². The van der Waals surface area contributed by atoms with E-state index >= 15 is 0 Å². The standard InChI is InChI=1S/C29H37N5O2/c1-5-7-10-23(34-17-8-9-18-34)13-11-21(6-2)29(35)30-22-12-15-25-26(19-22)32-28(31-25)27-16-14-24(36-27)20-33(3)4/h6,10-16,19H,5,7-9,17-18,20H2,1-4H3,(H,30,35)(H,31,32)/b13-11-,21-6+,23-10-. The zero-order chi connectivity index (χ0) is 25.5. The summed E-state index contributed by atoms with van der Waals surface area (Å²) in [5, 5.41) is 3.03. The molecule has 0 radical (unpaired) electrons. The molecular formula is C29H37N5O2. The van der Waals surface area contributed by atoms with Gasteiger partial charge in [0.05, 0.1) is 17.6 Å². The van der Waals surface area contributed by atoms with Crippen molar-refractivity contribution in [2.45, 2.75) is 46.1 Å². The minimum atomic E-state index is -0.136. The third kappa shape index (κ3) is 6.34. The SMILES string of the molecule is C\C=C(/C=C\C(=C\CCC)N1CCCC1)C(=O)Nc1ccc2nc(-c3ccc(CN(C)C)o3)[nH]c2c1. The quantitative estimate of drug-likeness (QED) is 0.267. The summed E-state index contributed by atoms with van der Waals surface area (Å²) in [6.45, 7) is 6.97. The molecule has 3 heterocycles. The number of carbonyl (C=O) groups is 1. The number of anilines is 1. The number of hydrogen-bond acceptors (Lipinski definition) is 5. The molecule has 4 rings (SSSR count). The number of amides is 1. The van der Waals surface area contributed by atoms with Crippen molar-refractivity contribution in [3.05, 3.63) is 71.7 Å². The number of aromatic amines is 1. The van der Waals surface area contributed by atoms with Gasteiger partial charge in [0.2, 0.25) is 0 Å². The lowest BCUT2D eigenvalue weighted by Crippen LogP contribution is -2.18. The molecule has 0 aliphatic carbocycles. The second kappa shape index (κ2) is 11.9. The Morgan fingerprint density at radius 2 is 2.00 bits per heavy atom. The highest BCUT2D eigenvalue weighted by Crippen LogP contribution is 2.25. The number of imidazole rings is 1. The van der Waals surface area contributed by atoms with Crippen LogP contribution in [0.15, 0.2) is 70.3 Å². The lowest BCUT2D eigenvalue weighted by Gasteiger charge is -2.19. The smallest absolute Gasteiger partial charge is 0.255 e. The number of aromatic nitrogens is 2. The first-order valence-electron chi connectivity index (χ1n) is 12.8. The molecule has 2 aromatic heterocycles. The molecule has 1 saturated heterocycles. The monoisotopic (exact) mass is 487 g/mol. The van der Waals surface area contributed by atoms with Gasteiger partial charge in [0, 0.05) is 30.0 Å². The van der Waals surface area contributed by atoms with Crippen LogP contribution in [0.25, 0.3) is 22.6 Å². The molecule has 1 aliphatic heterocycles. The Kier molecular flexibility index (Phi) is 8.44. The first-order valence-corrected chi connectivity index (χ1v) is 12.8. The van der Waals surface area contributed by atoms with Gasteiger partial charge in [0.25, 0.3) is 5.91 Å².